The second kappa shape index (κ2) is 20.9. The lowest BCUT2D eigenvalue weighted by molar-refractivity contribution is -0.127. The van der Waals surface area contributed by atoms with Crippen molar-refractivity contribution in [3.8, 4) is 0 Å². The van der Waals surface area contributed by atoms with Crippen molar-refractivity contribution in [2.24, 2.45) is 11.8 Å². The molecule has 0 heterocycles. The predicted molar refractivity (Wildman–Crippen MR) is 180 cm³/mol. The molecule has 0 bridgehead atoms. The number of rotatable bonds is 10. The van der Waals surface area contributed by atoms with Crippen LogP contribution in [0, 0.1) is 24.6 Å². The van der Waals surface area contributed by atoms with E-state index >= 15 is 0 Å². The fourth-order valence-corrected chi connectivity index (χ4v) is 4.63. The molecule has 42 heavy (non-hydrogen) atoms. The maximum absolute atomic E-state index is 13.7. The summed E-state index contributed by atoms with van der Waals surface area (Å²) in [4.78, 5) is 22.6. The van der Waals surface area contributed by atoms with Crippen LogP contribution in [-0.4, -0.2) is 11.7 Å². The highest BCUT2D eigenvalue weighted by molar-refractivity contribution is 6.31. The molecule has 1 N–H and O–H groups in total. The second-order valence-electron chi connectivity index (χ2n) is 12.2. The topological polar surface area (TPSA) is 46.2 Å². The molecule has 2 unspecified atom stereocenters. The van der Waals surface area contributed by atoms with Crippen LogP contribution < -0.4 is 5.32 Å². The molecule has 1 aliphatic carbocycles. The summed E-state index contributed by atoms with van der Waals surface area (Å²) in [5.41, 5.74) is 1.84. The Hall–Kier alpha value is -1.91. The zero-order valence-electron chi connectivity index (χ0n) is 27.8. The Morgan fingerprint density at radius 2 is 1.45 bits per heavy atom. The molecule has 2 aromatic rings. The van der Waals surface area contributed by atoms with E-state index in [4.69, 9.17) is 23.2 Å². The lowest BCUT2D eigenvalue weighted by atomic mass is 9.77. The highest BCUT2D eigenvalue weighted by atomic mass is 35.5. The molecular formula is C36H56Cl2FNO2. The fourth-order valence-electron chi connectivity index (χ4n) is 4.39. The molecule has 2 aromatic carbocycles. The molecule has 6 heteroatoms. The fraction of sp³-hybridized carbons (Fsp3) is 0.611. The zero-order chi connectivity index (χ0) is 32.5. The first kappa shape index (κ1) is 40.1. The Bertz CT molecular complexity index is 1080. The third kappa shape index (κ3) is 16.1. The molecule has 3 rings (SSSR count). The van der Waals surface area contributed by atoms with Gasteiger partial charge in [0, 0.05) is 5.02 Å². The van der Waals surface area contributed by atoms with Crippen LogP contribution in [0.4, 0.5) is 4.39 Å². The van der Waals surface area contributed by atoms with Crippen LogP contribution in [0.1, 0.15) is 136 Å². The summed E-state index contributed by atoms with van der Waals surface area (Å²) in [7, 11) is 0. The van der Waals surface area contributed by atoms with Crippen molar-refractivity contribution in [2.45, 2.75) is 132 Å². The van der Waals surface area contributed by atoms with Crippen LogP contribution in [0.25, 0.3) is 0 Å². The summed E-state index contributed by atoms with van der Waals surface area (Å²) in [5, 5.41) is 3.77. The van der Waals surface area contributed by atoms with Gasteiger partial charge in [-0.1, -0.05) is 121 Å². The van der Waals surface area contributed by atoms with Crippen molar-refractivity contribution >= 4 is 34.9 Å². The van der Waals surface area contributed by atoms with Crippen molar-refractivity contribution < 1.29 is 14.0 Å². The maximum Gasteiger partial charge on any atom is 0.230 e. The number of carbonyl (C=O) groups excluding carboxylic acids is 2. The van der Waals surface area contributed by atoms with Crippen molar-refractivity contribution in [2.75, 3.05) is 0 Å². The van der Waals surface area contributed by atoms with Gasteiger partial charge in [-0.05, 0) is 87.8 Å². The summed E-state index contributed by atoms with van der Waals surface area (Å²) in [6, 6.07) is 9.94. The molecule has 2 atom stereocenters. The molecule has 0 saturated heterocycles. The number of ketones is 1. The van der Waals surface area contributed by atoms with E-state index < -0.39 is 11.2 Å². The van der Waals surface area contributed by atoms with Gasteiger partial charge in [0.05, 0.1) is 16.5 Å². The standard InChI is InChI=1S/C21H24Cl2FNO.C8H18.C4H8.C3H6O/c1-5-10-21(4,16-7-9-17(22)13(2)11-16)20(26)25-14(3)15-6-8-18(23)19(24)12-15;1-4-6-8(3)7-5-2;1-4-2-3-4;1-3(2)4/h6-9,11-12,14H,5,10H2,1-4H3,(H,25,26);8H,4-7H2,1-3H3;4H,2-3H2,1H3;1-2H3. The number of aryl methyl sites for hydroxylation is 1. The first-order valence-corrected chi connectivity index (χ1v) is 16.4. The van der Waals surface area contributed by atoms with Gasteiger partial charge < -0.3 is 10.1 Å². The minimum absolute atomic E-state index is 0.0692. The number of Topliss-reactive ketones (excluding diaryl/α,β-unsaturated/α-hetero) is 1. The molecule has 1 fully saturated rings. The van der Waals surface area contributed by atoms with Gasteiger partial charge in [-0.3, -0.25) is 4.79 Å². The SMILES string of the molecule is CC(C)=O.CC1CC1.CCCC(C)(C(=O)NC(C)c1ccc(Cl)c(F)c1)c1ccc(Cl)c(C)c1.CCCC(C)CCC. The molecule has 0 spiro atoms. The minimum Gasteiger partial charge on any atom is -0.349 e. The Morgan fingerprint density at radius 1 is 0.952 bits per heavy atom. The molecule has 238 valence electrons. The number of benzene rings is 2. The Morgan fingerprint density at radius 3 is 1.86 bits per heavy atom. The van der Waals surface area contributed by atoms with E-state index in [1.54, 1.807) is 6.07 Å². The van der Waals surface area contributed by atoms with E-state index in [0.29, 0.717) is 17.0 Å². The molecule has 0 aromatic heterocycles. The van der Waals surface area contributed by atoms with E-state index in [-0.39, 0.29) is 22.8 Å². The van der Waals surface area contributed by atoms with E-state index in [1.807, 2.05) is 45.9 Å². The quantitative estimate of drug-likeness (QED) is 0.286. The number of amides is 1. The molecule has 1 amide bonds. The Balaban J connectivity index is 0.000000852. The summed E-state index contributed by atoms with van der Waals surface area (Å²) in [5.74, 6) is 1.63. The average molecular weight is 625 g/mol. The van der Waals surface area contributed by atoms with E-state index in [0.717, 1.165) is 29.4 Å². The summed E-state index contributed by atoms with van der Waals surface area (Å²) in [6.45, 7) is 19.9. The number of nitrogens with one attached hydrogen (secondary N) is 1. The van der Waals surface area contributed by atoms with Crippen LogP contribution in [0.3, 0.4) is 0 Å². The third-order valence-corrected chi connectivity index (χ3v) is 8.00. The largest absolute Gasteiger partial charge is 0.349 e. The van der Waals surface area contributed by atoms with Gasteiger partial charge in [0.1, 0.15) is 11.6 Å². The average Bonchev–Trinajstić information content (AvgIpc) is 3.70. The first-order valence-electron chi connectivity index (χ1n) is 15.6. The highest BCUT2D eigenvalue weighted by Gasteiger charge is 2.35. The van der Waals surface area contributed by atoms with Crippen LogP contribution in [0.2, 0.25) is 10.0 Å². The van der Waals surface area contributed by atoms with Crippen molar-refractivity contribution in [3.05, 3.63) is 69.0 Å². The lowest BCUT2D eigenvalue weighted by Gasteiger charge is -2.31. The molecule has 0 radical (unpaired) electrons. The smallest absolute Gasteiger partial charge is 0.230 e. The molecule has 0 aliphatic heterocycles. The van der Waals surface area contributed by atoms with Crippen molar-refractivity contribution in [1.29, 1.82) is 0 Å². The number of carbonyl (C=O) groups is 2. The van der Waals surface area contributed by atoms with E-state index in [9.17, 15) is 14.0 Å². The maximum atomic E-state index is 13.7. The molecular weight excluding hydrogens is 568 g/mol. The highest BCUT2D eigenvalue weighted by Crippen LogP contribution is 2.33. The van der Waals surface area contributed by atoms with Crippen molar-refractivity contribution in [1.82, 2.24) is 5.32 Å². The summed E-state index contributed by atoms with van der Waals surface area (Å²) in [6.07, 6.45) is 10.0. The predicted octanol–water partition coefficient (Wildman–Crippen LogP) is 11.6. The van der Waals surface area contributed by atoms with Gasteiger partial charge >= 0.3 is 0 Å². The van der Waals surface area contributed by atoms with Gasteiger partial charge in [0.25, 0.3) is 0 Å². The molecule has 1 aliphatic rings. The van der Waals surface area contributed by atoms with E-state index in [1.165, 1.54) is 64.5 Å². The number of halogens is 3. The van der Waals surface area contributed by atoms with Crippen molar-refractivity contribution in [3.63, 3.8) is 0 Å². The van der Waals surface area contributed by atoms with Crippen LogP contribution in [-0.2, 0) is 15.0 Å². The molecule has 3 nitrogen and oxygen atoms in total. The Labute approximate surface area is 266 Å². The van der Waals surface area contributed by atoms with E-state index in [2.05, 4.69) is 33.0 Å². The first-order chi connectivity index (χ1) is 19.6. The van der Waals surface area contributed by atoms with Gasteiger partial charge in [0.15, 0.2) is 0 Å². The number of hydrogen-bond donors (Lipinski definition) is 1. The zero-order valence-corrected chi connectivity index (χ0v) is 29.3. The van der Waals surface area contributed by atoms with Gasteiger partial charge in [0.2, 0.25) is 5.91 Å². The summed E-state index contributed by atoms with van der Waals surface area (Å²) < 4.78 is 13.7. The summed E-state index contributed by atoms with van der Waals surface area (Å²) >= 11 is 11.9. The normalized spacial score (nSPS) is 14.1. The van der Waals surface area contributed by atoms with Gasteiger partial charge in [-0.2, -0.15) is 0 Å². The Kier molecular flexibility index (Phi) is 20.0. The minimum atomic E-state index is -0.691. The second-order valence-corrected chi connectivity index (χ2v) is 13.0. The molecule has 1 saturated carbocycles. The van der Waals surface area contributed by atoms with Crippen LogP contribution in [0.5, 0.6) is 0 Å². The lowest BCUT2D eigenvalue weighted by Crippen LogP contribution is -2.43. The number of hydrogen-bond acceptors (Lipinski definition) is 2. The van der Waals surface area contributed by atoms with Gasteiger partial charge in [-0.25, -0.2) is 4.39 Å². The van der Waals surface area contributed by atoms with Gasteiger partial charge in [-0.15, -0.1) is 0 Å². The van der Waals surface area contributed by atoms with Crippen LogP contribution in [0.15, 0.2) is 36.4 Å². The monoisotopic (exact) mass is 623 g/mol. The van der Waals surface area contributed by atoms with Crippen LogP contribution >= 0.6 is 23.2 Å². The third-order valence-electron chi connectivity index (χ3n) is 7.27.